The van der Waals surface area contributed by atoms with Crippen LogP contribution >= 0.6 is 11.6 Å². The van der Waals surface area contributed by atoms with Crippen molar-refractivity contribution in [1.82, 2.24) is 4.90 Å². The summed E-state index contributed by atoms with van der Waals surface area (Å²) >= 11 is 5.85. The Hall–Kier alpha value is -0.860. The average Bonchev–Trinajstić information content (AvgIpc) is 2.35. The van der Waals surface area contributed by atoms with Crippen LogP contribution in [0.15, 0.2) is 24.3 Å². The number of ketones is 1. The highest BCUT2D eigenvalue weighted by atomic mass is 35.5. The molecule has 0 radical (unpaired) electrons. The summed E-state index contributed by atoms with van der Waals surface area (Å²) in [4.78, 5) is 14.6. The fourth-order valence-corrected chi connectivity index (χ4v) is 2.11. The quantitative estimate of drug-likeness (QED) is 0.768. The van der Waals surface area contributed by atoms with E-state index in [2.05, 4.69) is 32.6 Å². The van der Waals surface area contributed by atoms with Crippen LogP contribution in [0, 0.1) is 5.41 Å². The van der Waals surface area contributed by atoms with Crippen LogP contribution in [0.5, 0.6) is 0 Å². The number of halogens is 1. The van der Waals surface area contributed by atoms with Gasteiger partial charge >= 0.3 is 0 Å². The van der Waals surface area contributed by atoms with E-state index in [-0.39, 0.29) is 17.2 Å². The second-order valence-corrected chi connectivity index (χ2v) is 6.69. The van der Waals surface area contributed by atoms with Crippen LogP contribution in [0.25, 0.3) is 0 Å². The highest BCUT2D eigenvalue weighted by Crippen LogP contribution is 2.25. The van der Waals surface area contributed by atoms with Crippen LogP contribution in [0.3, 0.4) is 0 Å². The lowest BCUT2D eigenvalue weighted by atomic mass is 9.86. The Morgan fingerprint density at radius 2 is 1.63 bits per heavy atom. The van der Waals surface area contributed by atoms with Gasteiger partial charge in [0.05, 0.1) is 6.04 Å². The van der Waals surface area contributed by atoms with Gasteiger partial charge in [-0.1, -0.05) is 32.4 Å². The Bertz CT molecular complexity index is 433. The molecular formula is C16H24ClNO. The molecule has 2 nitrogen and oxygen atoms in total. The maximum absolute atomic E-state index is 12.4. The van der Waals surface area contributed by atoms with Gasteiger partial charge in [-0.2, -0.15) is 0 Å². The van der Waals surface area contributed by atoms with Crippen molar-refractivity contribution >= 4 is 17.4 Å². The molecule has 0 heterocycles. The Morgan fingerprint density at radius 3 is 2.05 bits per heavy atom. The van der Waals surface area contributed by atoms with Crippen molar-refractivity contribution in [3.8, 4) is 0 Å². The molecule has 1 rings (SSSR count). The second-order valence-electron chi connectivity index (χ2n) is 6.25. The van der Waals surface area contributed by atoms with Gasteiger partial charge in [0.15, 0.2) is 5.78 Å². The topological polar surface area (TPSA) is 20.3 Å². The molecule has 106 valence electrons. The molecule has 0 saturated heterocycles. The molecule has 0 aliphatic rings. The predicted molar refractivity (Wildman–Crippen MR) is 81.9 cm³/mol. The van der Waals surface area contributed by atoms with E-state index in [4.69, 9.17) is 11.6 Å². The smallest absolute Gasteiger partial charge is 0.179 e. The lowest BCUT2D eigenvalue weighted by molar-refractivity contribution is 0.0695. The predicted octanol–water partition coefficient (Wildman–Crippen LogP) is 4.28. The number of Topliss-reactive ketones (excluding diaryl/α,β-unsaturated/α-hetero) is 1. The summed E-state index contributed by atoms with van der Waals surface area (Å²) in [5.74, 6) is 0.135. The van der Waals surface area contributed by atoms with Gasteiger partial charge in [0, 0.05) is 16.6 Å². The molecule has 0 bridgehead atoms. The minimum atomic E-state index is -0.143. The van der Waals surface area contributed by atoms with Gasteiger partial charge in [0.25, 0.3) is 0 Å². The lowest BCUT2D eigenvalue weighted by Gasteiger charge is -2.38. The highest BCUT2D eigenvalue weighted by molar-refractivity contribution is 6.30. The van der Waals surface area contributed by atoms with Crippen molar-refractivity contribution in [2.75, 3.05) is 7.05 Å². The summed E-state index contributed by atoms with van der Waals surface area (Å²) in [6.45, 7) is 10.7. The number of carbonyl (C=O) groups is 1. The van der Waals surface area contributed by atoms with E-state index < -0.39 is 0 Å². The van der Waals surface area contributed by atoms with Gasteiger partial charge < -0.3 is 0 Å². The van der Waals surface area contributed by atoms with E-state index in [0.29, 0.717) is 16.6 Å². The van der Waals surface area contributed by atoms with E-state index in [1.54, 1.807) is 24.3 Å². The number of hydrogen-bond acceptors (Lipinski definition) is 2. The summed E-state index contributed by atoms with van der Waals surface area (Å²) in [5, 5.41) is 0.653. The van der Waals surface area contributed by atoms with Crippen LogP contribution in [0.4, 0.5) is 0 Å². The number of hydrogen-bond donors (Lipinski definition) is 0. The first-order chi connectivity index (χ1) is 8.64. The average molecular weight is 282 g/mol. The number of rotatable bonds is 4. The van der Waals surface area contributed by atoms with Gasteiger partial charge in [-0.3, -0.25) is 9.69 Å². The molecule has 0 spiro atoms. The molecule has 0 aromatic heterocycles. The molecular weight excluding hydrogens is 258 g/mol. The van der Waals surface area contributed by atoms with E-state index in [1.165, 1.54) is 0 Å². The van der Waals surface area contributed by atoms with Crippen molar-refractivity contribution in [2.24, 2.45) is 5.41 Å². The fourth-order valence-electron chi connectivity index (χ4n) is 1.99. The first-order valence-electron chi connectivity index (χ1n) is 6.66. The number of nitrogens with zero attached hydrogens (tertiary/aromatic N) is 1. The zero-order valence-corrected chi connectivity index (χ0v) is 13.5. The third kappa shape index (κ3) is 4.05. The number of carbonyl (C=O) groups excluding carboxylic acids is 1. The molecule has 19 heavy (non-hydrogen) atoms. The van der Waals surface area contributed by atoms with Gasteiger partial charge in [-0.15, -0.1) is 0 Å². The first-order valence-corrected chi connectivity index (χ1v) is 7.04. The number of likely N-dealkylation sites (N-methyl/N-ethyl adjacent to an activating group) is 1. The molecule has 3 heteroatoms. The molecule has 0 aliphatic carbocycles. The Kier molecular flexibility index (Phi) is 5.17. The van der Waals surface area contributed by atoms with Gasteiger partial charge in [0.2, 0.25) is 0 Å². The SMILES string of the molecule is CC(C(=O)c1ccc(Cl)cc1)N(C)C(C)C(C)(C)C. The number of benzene rings is 1. The van der Waals surface area contributed by atoms with Crippen molar-refractivity contribution in [3.05, 3.63) is 34.9 Å². The Labute approximate surface area is 121 Å². The lowest BCUT2D eigenvalue weighted by Crippen LogP contribution is -2.47. The second kappa shape index (κ2) is 6.06. The van der Waals surface area contributed by atoms with Gasteiger partial charge in [0.1, 0.15) is 0 Å². The third-order valence-corrected chi connectivity index (χ3v) is 4.24. The molecule has 2 unspecified atom stereocenters. The molecule has 0 amide bonds. The zero-order chi connectivity index (χ0) is 14.8. The largest absolute Gasteiger partial charge is 0.293 e. The van der Waals surface area contributed by atoms with E-state index >= 15 is 0 Å². The van der Waals surface area contributed by atoms with Gasteiger partial charge in [-0.25, -0.2) is 0 Å². The summed E-state index contributed by atoms with van der Waals surface area (Å²) in [5.41, 5.74) is 0.855. The maximum atomic E-state index is 12.4. The normalized spacial score (nSPS) is 15.4. The van der Waals surface area contributed by atoms with Crippen molar-refractivity contribution in [3.63, 3.8) is 0 Å². The molecule has 0 aliphatic heterocycles. The monoisotopic (exact) mass is 281 g/mol. The molecule has 1 aromatic carbocycles. The molecule has 0 fully saturated rings. The van der Waals surface area contributed by atoms with Crippen molar-refractivity contribution < 1.29 is 4.79 Å². The van der Waals surface area contributed by atoms with E-state index in [0.717, 1.165) is 0 Å². The molecule has 2 atom stereocenters. The minimum absolute atomic E-state index is 0.135. The minimum Gasteiger partial charge on any atom is -0.293 e. The van der Waals surface area contributed by atoms with Gasteiger partial charge in [-0.05, 0) is 50.6 Å². The molecule has 0 saturated carbocycles. The van der Waals surface area contributed by atoms with Crippen LogP contribution in [0.1, 0.15) is 45.0 Å². The van der Waals surface area contributed by atoms with E-state index in [1.807, 2.05) is 14.0 Å². The van der Waals surface area contributed by atoms with Crippen LogP contribution in [-0.2, 0) is 0 Å². The van der Waals surface area contributed by atoms with Crippen LogP contribution in [0.2, 0.25) is 5.02 Å². The van der Waals surface area contributed by atoms with Crippen LogP contribution < -0.4 is 0 Å². The van der Waals surface area contributed by atoms with Crippen molar-refractivity contribution in [1.29, 1.82) is 0 Å². The Balaban J connectivity index is 2.85. The summed E-state index contributed by atoms with van der Waals surface area (Å²) in [6.07, 6.45) is 0. The van der Waals surface area contributed by atoms with Crippen molar-refractivity contribution in [2.45, 2.75) is 46.7 Å². The maximum Gasteiger partial charge on any atom is 0.179 e. The standard InChI is InChI=1S/C16H24ClNO/c1-11(18(6)12(2)16(3,4)5)15(19)13-7-9-14(17)10-8-13/h7-12H,1-6H3. The van der Waals surface area contributed by atoms with E-state index in [9.17, 15) is 4.79 Å². The first kappa shape index (κ1) is 16.2. The summed E-state index contributed by atoms with van der Waals surface area (Å²) < 4.78 is 0. The summed E-state index contributed by atoms with van der Waals surface area (Å²) in [7, 11) is 2.01. The van der Waals surface area contributed by atoms with Crippen LogP contribution in [-0.4, -0.2) is 29.8 Å². The molecule has 1 aromatic rings. The highest BCUT2D eigenvalue weighted by Gasteiger charge is 2.29. The fraction of sp³-hybridized carbons (Fsp3) is 0.562. The Morgan fingerprint density at radius 1 is 1.16 bits per heavy atom. The zero-order valence-electron chi connectivity index (χ0n) is 12.7. The molecule has 0 N–H and O–H groups in total. The third-order valence-electron chi connectivity index (χ3n) is 3.98. The summed E-state index contributed by atoms with van der Waals surface area (Å²) in [6, 6.07) is 7.27.